The fraction of sp³-hybridized carbons (Fsp3) is 0.417. The Morgan fingerprint density at radius 1 is 1.44 bits per heavy atom. The van der Waals surface area contributed by atoms with E-state index in [1.807, 2.05) is 6.26 Å². The van der Waals surface area contributed by atoms with E-state index in [0.717, 1.165) is 0 Å². The van der Waals surface area contributed by atoms with Crippen LogP contribution in [0.5, 0.6) is 0 Å². The Morgan fingerprint density at radius 2 is 2.00 bits per heavy atom. The summed E-state index contributed by atoms with van der Waals surface area (Å²) in [6, 6.07) is 5.01. The van der Waals surface area contributed by atoms with Crippen molar-refractivity contribution in [2.24, 2.45) is 0 Å². The molecular formula is C12H15Cl2NO2S. The normalized spacial score (nSPS) is 14.1. The van der Waals surface area contributed by atoms with Crippen LogP contribution in [0, 0.1) is 0 Å². The molecule has 2 unspecified atom stereocenters. The second-order valence-corrected chi connectivity index (χ2v) is 5.77. The van der Waals surface area contributed by atoms with Crippen molar-refractivity contribution >= 4 is 40.9 Å². The van der Waals surface area contributed by atoms with Crippen molar-refractivity contribution in [2.45, 2.75) is 18.3 Å². The van der Waals surface area contributed by atoms with Crippen molar-refractivity contribution < 1.29 is 9.90 Å². The quantitative estimate of drug-likeness (QED) is 0.879. The van der Waals surface area contributed by atoms with Gasteiger partial charge >= 0.3 is 0 Å². The number of hydrogen-bond acceptors (Lipinski definition) is 3. The molecule has 0 spiro atoms. The summed E-state index contributed by atoms with van der Waals surface area (Å²) in [6.45, 7) is 1.89. The summed E-state index contributed by atoms with van der Waals surface area (Å²) in [5, 5.41) is 13.3. The van der Waals surface area contributed by atoms with Gasteiger partial charge in [0.25, 0.3) is 0 Å². The fourth-order valence-electron chi connectivity index (χ4n) is 1.38. The molecule has 0 aliphatic heterocycles. The Balaban J connectivity index is 2.66. The lowest BCUT2D eigenvalue weighted by molar-refractivity contribution is -0.120. The summed E-state index contributed by atoms with van der Waals surface area (Å²) in [5.74, 6) is -0.121. The van der Waals surface area contributed by atoms with Crippen molar-refractivity contribution in [3.05, 3.63) is 33.8 Å². The molecule has 6 heteroatoms. The van der Waals surface area contributed by atoms with Gasteiger partial charge in [-0.3, -0.25) is 4.79 Å². The topological polar surface area (TPSA) is 49.3 Å². The van der Waals surface area contributed by atoms with Gasteiger partial charge in [-0.1, -0.05) is 29.3 Å². The second kappa shape index (κ2) is 7.24. The maximum absolute atomic E-state index is 11.6. The van der Waals surface area contributed by atoms with E-state index in [4.69, 9.17) is 23.2 Å². The molecule has 0 radical (unpaired) electrons. The van der Waals surface area contributed by atoms with Crippen LogP contribution in [0.4, 0.5) is 0 Å². The fourth-order valence-corrected chi connectivity index (χ4v) is 2.33. The molecule has 0 heterocycles. The highest BCUT2D eigenvalue weighted by Gasteiger charge is 2.17. The Morgan fingerprint density at radius 3 is 2.50 bits per heavy atom. The molecular weight excluding hydrogens is 293 g/mol. The Labute approximate surface area is 121 Å². The third-order valence-electron chi connectivity index (χ3n) is 2.53. The van der Waals surface area contributed by atoms with E-state index in [2.05, 4.69) is 5.32 Å². The first-order valence-electron chi connectivity index (χ1n) is 5.39. The zero-order valence-electron chi connectivity index (χ0n) is 10.1. The Hall–Kier alpha value is -0.420. The van der Waals surface area contributed by atoms with Crippen LogP contribution in [0.1, 0.15) is 18.6 Å². The van der Waals surface area contributed by atoms with Crippen molar-refractivity contribution in [3.8, 4) is 0 Å². The highest BCUT2D eigenvalue weighted by Crippen LogP contribution is 2.29. The van der Waals surface area contributed by atoms with Crippen LogP contribution in [-0.4, -0.2) is 29.1 Å². The minimum atomic E-state index is -0.913. The third-order valence-corrected chi connectivity index (χ3v) is 4.11. The largest absolute Gasteiger partial charge is 0.386 e. The number of benzene rings is 1. The van der Waals surface area contributed by atoms with Crippen LogP contribution in [0.25, 0.3) is 0 Å². The average Bonchev–Trinajstić information content (AvgIpc) is 2.34. The molecule has 1 amide bonds. The molecule has 0 aliphatic carbocycles. The van der Waals surface area contributed by atoms with E-state index in [0.29, 0.717) is 15.6 Å². The number of carbonyl (C=O) groups excluding carboxylic acids is 1. The highest BCUT2D eigenvalue weighted by atomic mass is 35.5. The van der Waals surface area contributed by atoms with Crippen LogP contribution < -0.4 is 5.32 Å². The third kappa shape index (κ3) is 4.05. The molecule has 0 fully saturated rings. The predicted molar refractivity (Wildman–Crippen MR) is 77.4 cm³/mol. The SMILES string of the molecule is CSC(C)C(=O)NCC(O)c1c(Cl)cccc1Cl. The average molecular weight is 308 g/mol. The van der Waals surface area contributed by atoms with Crippen LogP contribution in [0.2, 0.25) is 10.0 Å². The lowest BCUT2D eigenvalue weighted by Crippen LogP contribution is -2.34. The summed E-state index contributed by atoms with van der Waals surface area (Å²) in [7, 11) is 0. The minimum Gasteiger partial charge on any atom is -0.386 e. The molecule has 1 rings (SSSR count). The first kappa shape index (κ1) is 15.6. The summed E-state index contributed by atoms with van der Waals surface area (Å²) in [6.07, 6.45) is 0.940. The van der Waals surface area contributed by atoms with Gasteiger partial charge in [0.15, 0.2) is 0 Å². The first-order chi connectivity index (χ1) is 8.47. The number of aliphatic hydroxyl groups excluding tert-OH is 1. The zero-order valence-corrected chi connectivity index (χ0v) is 12.4. The summed E-state index contributed by atoms with van der Waals surface area (Å²) in [5.41, 5.74) is 0.443. The van der Waals surface area contributed by atoms with E-state index >= 15 is 0 Å². The number of aliphatic hydroxyl groups is 1. The van der Waals surface area contributed by atoms with Crippen LogP contribution in [0.3, 0.4) is 0 Å². The maximum Gasteiger partial charge on any atom is 0.232 e. The highest BCUT2D eigenvalue weighted by molar-refractivity contribution is 7.99. The number of hydrogen-bond donors (Lipinski definition) is 2. The Bertz CT molecular complexity index is 408. The Kier molecular flexibility index (Phi) is 6.29. The van der Waals surface area contributed by atoms with Crippen LogP contribution >= 0.6 is 35.0 Å². The molecule has 18 heavy (non-hydrogen) atoms. The molecule has 100 valence electrons. The first-order valence-corrected chi connectivity index (χ1v) is 7.44. The number of halogens is 2. The molecule has 2 N–H and O–H groups in total. The molecule has 0 bridgehead atoms. The molecule has 1 aromatic rings. The van der Waals surface area contributed by atoms with Gasteiger partial charge < -0.3 is 10.4 Å². The van der Waals surface area contributed by atoms with Crippen LogP contribution in [0.15, 0.2) is 18.2 Å². The molecule has 0 saturated heterocycles. The molecule has 0 aliphatic rings. The van der Waals surface area contributed by atoms with Gasteiger partial charge in [0.1, 0.15) is 0 Å². The molecule has 0 aromatic heterocycles. The molecule has 0 saturated carbocycles. The van der Waals surface area contributed by atoms with Crippen molar-refractivity contribution in [3.63, 3.8) is 0 Å². The van der Waals surface area contributed by atoms with Gasteiger partial charge in [-0.15, -0.1) is 0 Å². The lowest BCUT2D eigenvalue weighted by atomic mass is 10.1. The summed E-state index contributed by atoms with van der Waals surface area (Å²) in [4.78, 5) is 11.6. The van der Waals surface area contributed by atoms with Crippen molar-refractivity contribution in [1.82, 2.24) is 5.32 Å². The number of rotatable bonds is 5. The number of amides is 1. The van der Waals surface area contributed by atoms with E-state index in [1.165, 1.54) is 11.8 Å². The van der Waals surface area contributed by atoms with E-state index in [-0.39, 0.29) is 17.7 Å². The van der Waals surface area contributed by atoms with Gasteiger partial charge in [0.2, 0.25) is 5.91 Å². The van der Waals surface area contributed by atoms with E-state index in [9.17, 15) is 9.90 Å². The number of nitrogens with one attached hydrogen (secondary N) is 1. The zero-order chi connectivity index (χ0) is 13.7. The standard InChI is InChI=1S/C12H15Cl2NO2S/c1-7(18-2)12(17)15-6-10(16)11-8(13)4-3-5-9(11)14/h3-5,7,10,16H,6H2,1-2H3,(H,15,17). The lowest BCUT2D eigenvalue weighted by Gasteiger charge is -2.16. The van der Waals surface area contributed by atoms with E-state index < -0.39 is 6.10 Å². The van der Waals surface area contributed by atoms with Gasteiger partial charge in [0.05, 0.1) is 11.4 Å². The van der Waals surface area contributed by atoms with Crippen molar-refractivity contribution in [1.29, 1.82) is 0 Å². The minimum absolute atomic E-state index is 0.0905. The number of thioether (sulfide) groups is 1. The predicted octanol–water partition coefficient (Wildman–Crippen LogP) is 2.89. The maximum atomic E-state index is 11.6. The monoisotopic (exact) mass is 307 g/mol. The second-order valence-electron chi connectivity index (χ2n) is 3.77. The van der Waals surface area contributed by atoms with E-state index in [1.54, 1.807) is 25.1 Å². The summed E-state index contributed by atoms with van der Waals surface area (Å²) >= 11 is 13.4. The summed E-state index contributed by atoms with van der Waals surface area (Å²) < 4.78 is 0. The van der Waals surface area contributed by atoms with Gasteiger partial charge in [-0.2, -0.15) is 11.8 Å². The van der Waals surface area contributed by atoms with Crippen LogP contribution in [-0.2, 0) is 4.79 Å². The van der Waals surface area contributed by atoms with Crippen molar-refractivity contribution in [2.75, 3.05) is 12.8 Å². The van der Waals surface area contributed by atoms with Gasteiger partial charge in [-0.05, 0) is 25.3 Å². The van der Waals surface area contributed by atoms with Gasteiger partial charge in [-0.25, -0.2) is 0 Å². The molecule has 3 nitrogen and oxygen atoms in total. The number of carbonyl (C=O) groups is 1. The van der Waals surface area contributed by atoms with Gasteiger partial charge in [0, 0.05) is 22.2 Å². The smallest absolute Gasteiger partial charge is 0.232 e. The molecule has 1 aromatic carbocycles. The molecule has 2 atom stereocenters.